The Hall–Kier alpha value is -1.51. The molecule has 0 aliphatic carbocycles. The van der Waals surface area contributed by atoms with Gasteiger partial charge in [0.05, 0.1) is 0 Å². The maximum absolute atomic E-state index is 11.6. The molecule has 0 spiro atoms. The van der Waals surface area contributed by atoms with Gasteiger partial charge in [-0.2, -0.15) is 0 Å². The van der Waals surface area contributed by atoms with E-state index in [0.717, 1.165) is 25.8 Å². The van der Waals surface area contributed by atoms with Crippen LogP contribution in [-0.4, -0.2) is 24.6 Å². The van der Waals surface area contributed by atoms with E-state index < -0.39 is 0 Å². The average Bonchev–Trinajstić information content (AvgIpc) is 2.30. The van der Waals surface area contributed by atoms with Crippen LogP contribution in [0.3, 0.4) is 0 Å². The molecular formula is C13H19NO2. The third kappa shape index (κ3) is 4.34. The molecule has 0 atom stereocenters. The highest BCUT2D eigenvalue weighted by Gasteiger charge is 2.09. The number of hydrogen-bond acceptors (Lipinski definition) is 2. The van der Waals surface area contributed by atoms with Gasteiger partial charge in [0, 0.05) is 13.6 Å². The average molecular weight is 221 g/mol. The van der Waals surface area contributed by atoms with E-state index in [1.54, 1.807) is 24.1 Å². The van der Waals surface area contributed by atoms with Crippen LogP contribution in [0.25, 0.3) is 0 Å². The Morgan fingerprint density at radius 3 is 2.56 bits per heavy atom. The number of carbonyl (C=O) groups excluding carboxylic acids is 1. The second-order valence-electron chi connectivity index (χ2n) is 3.81. The van der Waals surface area contributed by atoms with Crippen LogP contribution >= 0.6 is 0 Å². The van der Waals surface area contributed by atoms with Crippen molar-refractivity contribution in [3.8, 4) is 5.75 Å². The van der Waals surface area contributed by atoms with Gasteiger partial charge in [-0.25, -0.2) is 4.79 Å². The van der Waals surface area contributed by atoms with Gasteiger partial charge >= 0.3 is 6.09 Å². The SMILES string of the molecule is CCCCCN(C)C(=O)Oc1ccccc1. The molecule has 0 fully saturated rings. The highest BCUT2D eigenvalue weighted by atomic mass is 16.6. The maximum atomic E-state index is 11.6. The summed E-state index contributed by atoms with van der Waals surface area (Å²) in [7, 11) is 1.76. The predicted molar refractivity (Wildman–Crippen MR) is 64.6 cm³/mol. The molecule has 0 unspecified atom stereocenters. The zero-order valence-corrected chi connectivity index (χ0v) is 9.98. The summed E-state index contributed by atoms with van der Waals surface area (Å²) in [4.78, 5) is 13.2. The summed E-state index contributed by atoms with van der Waals surface area (Å²) >= 11 is 0. The minimum atomic E-state index is -0.290. The first-order valence-electron chi connectivity index (χ1n) is 5.72. The van der Waals surface area contributed by atoms with Crippen molar-refractivity contribution in [2.75, 3.05) is 13.6 Å². The monoisotopic (exact) mass is 221 g/mol. The Kier molecular flexibility index (Phi) is 5.40. The van der Waals surface area contributed by atoms with Crippen molar-refractivity contribution >= 4 is 6.09 Å². The zero-order valence-electron chi connectivity index (χ0n) is 9.98. The molecule has 3 heteroatoms. The van der Waals surface area contributed by atoms with Gasteiger partial charge in [0.15, 0.2) is 0 Å². The highest BCUT2D eigenvalue weighted by Crippen LogP contribution is 2.10. The molecule has 1 amide bonds. The summed E-state index contributed by atoms with van der Waals surface area (Å²) in [6.07, 6.45) is 3.03. The lowest BCUT2D eigenvalue weighted by Crippen LogP contribution is -2.30. The fourth-order valence-corrected chi connectivity index (χ4v) is 1.36. The zero-order chi connectivity index (χ0) is 11.8. The van der Waals surface area contributed by atoms with E-state index in [2.05, 4.69) is 6.92 Å². The fraction of sp³-hybridized carbons (Fsp3) is 0.462. The van der Waals surface area contributed by atoms with E-state index in [-0.39, 0.29) is 6.09 Å². The van der Waals surface area contributed by atoms with E-state index in [1.165, 1.54) is 0 Å². The third-order valence-electron chi connectivity index (χ3n) is 2.36. The molecule has 0 saturated carbocycles. The normalized spacial score (nSPS) is 9.88. The Morgan fingerprint density at radius 2 is 1.94 bits per heavy atom. The van der Waals surface area contributed by atoms with Crippen LogP contribution in [0.1, 0.15) is 26.2 Å². The predicted octanol–water partition coefficient (Wildman–Crippen LogP) is 3.31. The van der Waals surface area contributed by atoms with Crippen LogP contribution < -0.4 is 4.74 Å². The first-order valence-corrected chi connectivity index (χ1v) is 5.72. The molecule has 0 aromatic heterocycles. The van der Waals surface area contributed by atoms with Gasteiger partial charge in [-0.15, -0.1) is 0 Å². The van der Waals surface area contributed by atoms with Crippen molar-refractivity contribution in [2.45, 2.75) is 26.2 Å². The van der Waals surface area contributed by atoms with E-state index in [4.69, 9.17) is 4.74 Å². The smallest absolute Gasteiger partial charge is 0.410 e. The summed E-state index contributed by atoms with van der Waals surface area (Å²) in [5, 5.41) is 0. The van der Waals surface area contributed by atoms with Crippen molar-refractivity contribution < 1.29 is 9.53 Å². The molecule has 0 heterocycles. The maximum Gasteiger partial charge on any atom is 0.414 e. The van der Waals surface area contributed by atoms with Crippen LogP contribution in [-0.2, 0) is 0 Å². The van der Waals surface area contributed by atoms with Gasteiger partial charge in [-0.05, 0) is 18.6 Å². The number of unbranched alkanes of at least 4 members (excludes halogenated alkanes) is 2. The number of rotatable bonds is 5. The summed E-state index contributed by atoms with van der Waals surface area (Å²) < 4.78 is 5.19. The molecular weight excluding hydrogens is 202 g/mol. The molecule has 88 valence electrons. The summed E-state index contributed by atoms with van der Waals surface area (Å²) in [6, 6.07) is 9.14. The van der Waals surface area contributed by atoms with Crippen molar-refractivity contribution in [3.05, 3.63) is 30.3 Å². The first-order chi connectivity index (χ1) is 7.74. The largest absolute Gasteiger partial charge is 0.414 e. The molecule has 0 saturated heterocycles. The van der Waals surface area contributed by atoms with Gasteiger partial charge in [-0.1, -0.05) is 38.0 Å². The molecule has 0 bridgehead atoms. The van der Waals surface area contributed by atoms with Crippen molar-refractivity contribution in [2.24, 2.45) is 0 Å². The Balaban J connectivity index is 2.34. The molecule has 0 aliphatic rings. The molecule has 1 aromatic carbocycles. The molecule has 3 nitrogen and oxygen atoms in total. The Labute approximate surface area is 97.0 Å². The Morgan fingerprint density at radius 1 is 1.25 bits per heavy atom. The number of amides is 1. The molecule has 16 heavy (non-hydrogen) atoms. The van der Waals surface area contributed by atoms with Gasteiger partial charge in [0.2, 0.25) is 0 Å². The van der Waals surface area contributed by atoms with Gasteiger partial charge in [-0.3, -0.25) is 0 Å². The summed E-state index contributed by atoms with van der Waals surface area (Å²) in [5.74, 6) is 0.592. The number of benzene rings is 1. The van der Waals surface area contributed by atoms with Crippen LogP contribution in [0.15, 0.2) is 30.3 Å². The number of carbonyl (C=O) groups is 1. The molecule has 0 N–H and O–H groups in total. The lowest BCUT2D eigenvalue weighted by atomic mass is 10.2. The molecule has 0 aliphatic heterocycles. The van der Waals surface area contributed by atoms with Gasteiger partial charge in [0.1, 0.15) is 5.75 Å². The van der Waals surface area contributed by atoms with Gasteiger partial charge in [0.25, 0.3) is 0 Å². The first kappa shape index (κ1) is 12.6. The summed E-state index contributed by atoms with van der Waals surface area (Å²) in [5.41, 5.74) is 0. The topological polar surface area (TPSA) is 29.5 Å². The van der Waals surface area contributed by atoms with E-state index in [0.29, 0.717) is 5.75 Å². The minimum absolute atomic E-state index is 0.290. The van der Waals surface area contributed by atoms with E-state index in [1.807, 2.05) is 18.2 Å². The lowest BCUT2D eigenvalue weighted by Gasteiger charge is -2.16. The standard InChI is InChI=1S/C13H19NO2/c1-3-4-8-11-14(2)13(15)16-12-9-6-5-7-10-12/h5-7,9-10H,3-4,8,11H2,1-2H3. The quantitative estimate of drug-likeness (QED) is 0.714. The van der Waals surface area contributed by atoms with Crippen LogP contribution in [0, 0.1) is 0 Å². The third-order valence-corrected chi connectivity index (χ3v) is 2.36. The van der Waals surface area contributed by atoms with Crippen molar-refractivity contribution in [1.82, 2.24) is 4.90 Å². The second kappa shape index (κ2) is 6.88. The van der Waals surface area contributed by atoms with E-state index >= 15 is 0 Å². The number of para-hydroxylation sites is 1. The molecule has 1 aromatic rings. The number of nitrogens with zero attached hydrogens (tertiary/aromatic N) is 1. The number of ether oxygens (including phenoxy) is 1. The van der Waals surface area contributed by atoms with Gasteiger partial charge < -0.3 is 9.64 Å². The second-order valence-corrected chi connectivity index (χ2v) is 3.81. The van der Waals surface area contributed by atoms with Crippen LogP contribution in [0.5, 0.6) is 5.75 Å². The highest BCUT2D eigenvalue weighted by molar-refractivity contribution is 5.70. The number of hydrogen-bond donors (Lipinski definition) is 0. The van der Waals surface area contributed by atoms with Crippen LogP contribution in [0.2, 0.25) is 0 Å². The Bertz CT molecular complexity index is 311. The van der Waals surface area contributed by atoms with Crippen molar-refractivity contribution in [1.29, 1.82) is 0 Å². The summed E-state index contributed by atoms with van der Waals surface area (Å²) in [6.45, 7) is 2.89. The van der Waals surface area contributed by atoms with Crippen LogP contribution in [0.4, 0.5) is 4.79 Å². The lowest BCUT2D eigenvalue weighted by molar-refractivity contribution is 0.162. The van der Waals surface area contributed by atoms with Crippen molar-refractivity contribution in [3.63, 3.8) is 0 Å². The fourth-order valence-electron chi connectivity index (χ4n) is 1.36. The van der Waals surface area contributed by atoms with E-state index in [9.17, 15) is 4.79 Å². The molecule has 0 radical (unpaired) electrons. The molecule has 1 rings (SSSR count). The minimum Gasteiger partial charge on any atom is -0.410 e.